The van der Waals surface area contributed by atoms with Crippen molar-refractivity contribution in [3.05, 3.63) is 58.6 Å². The largest absolute Gasteiger partial charge is 0.385 e. The van der Waals surface area contributed by atoms with Gasteiger partial charge in [-0.05, 0) is 92.9 Å². The number of piperidine rings is 1. The van der Waals surface area contributed by atoms with Crippen molar-refractivity contribution in [2.75, 3.05) is 26.8 Å². The molecule has 0 bridgehead atoms. The molecule has 1 heterocycles. The highest BCUT2D eigenvalue weighted by atomic mass is 35.5. The Bertz CT molecular complexity index is 1080. The number of halogens is 1. The Labute approximate surface area is 240 Å². The van der Waals surface area contributed by atoms with Crippen molar-refractivity contribution in [2.45, 2.75) is 89.2 Å². The van der Waals surface area contributed by atoms with Gasteiger partial charge in [-0.1, -0.05) is 54.9 Å². The average molecular weight is 555 g/mol. The number of nitrogens with zero attached hydrogens (tertiary/aromatic N) is 1. The number of nitrogens with two attached hydrogens (primary N) is 1. The Balaban J connectivity index is 1.63. The summed E-state index contributed by atoms with van der Waals surface area (Å²) < 4.78 is 5.31. The van der Waals surface area contributed by atoms with E-state index in [2.05, 4.69) is 31.2 Å². The molecule has 0 aromatic heterocycles. The highest BCUT2D eigenvalue weighted by Crippen LogP contribution is 2.46. The first-order valence-corrected chi connectivity index (χ1v) is 15.4. The topological polar surface area (TPSA) is 75.8 Å². The molecule has 1 aliphatic heterocycles. The van der Waals surface area contributed by atoms with Crippen molar-refractivity contribution in [1.29, 1.82) is 0 Å². The summed E-state index contributed by atoms with van der Waals surface area (Å²) in [6.07, 6.45) is 9.71. The number of hydrogen-bond acceptors (Lipinski definition) is 4. The van der Waals surface area contributed by atoms with Gasteiger partial charge >= 0.3 is 0 Å². The van der Waals surface area contributed by atoms with Crippen LogP contribution >= 0.6 is 11.6 Å². The third-order valence-electron chi connectivity index (χ3n) is 9.06. The fourth-order valence-corrected chi connectivity index (χ4v) is 6.97. The highest BCUT2D eigenvalue weighted by Gasteiger charge is 2.43. The molecule has 2 fully saturated rings. The second-order valence-electron chi connectivity index (χ2n) is 11.8. The molecule has 214 valence electrons. The SMILES string of the molecule is CCc1cccc(-c2c(Cl)cccc2[C@](O)(CCCCOC)[C@@H]2CCCN(C(=O)C[C@H]3CC[C@H](N)CC3)C2)c1. The number of rotatable bonds is 11. The zero-order valence-electron chi connectivity index (χ0n) is 23.8. The summed E-state index contributed by atoms with van der Waals surface area (Å²) in [4.78, 5) is 15.5. The van der Waals surface area contributed by atoms with Gasteiger partial charge < -0.3 is 20.5 Å². The minimum atomic E-state index is -1.10. The molecular weight excluding hydrogens is 508 g/mol. The Kier molecular flexibility index (Phi) is 10.9. The lowest BCUT2D eigenvalue weighted by molar-refractivity contribution is -0.138. The molecule has 5 nitrogen and oxygen atoms in total. The second-order valence-corrected chi connectivity index (χ2v) is 12.2. The molecule has 1 saturated carbocycles. The Morgan fingerprint density at radius 2 is 1.90 bits per heavy atom. The molecule has 1 saturated heterocycles. The van der Waals surface area contributed by atoms with E-state index in [4.69, 9.17) is 22.1 Å². The third-order valence-corrected chi connectivity index (χ3v) is 9.38. The predicted octanol–water partition coefficient (Wildman–Crippen LogP) is 6.72. The van der Waals surface area contributed by atoms with E-state index in [-0.39, 0.29) is 17.9 Å². The van der Waals surface area contributed by atoms with Crippen LogP contribution in [-0.4, -0.2) is 48.8 Å². The summed E-state index contributed by atoms with van der Waals surface area (Å²) in [6, 6.07) is 14.7. The van der Waals surface area contributed by atoms with Gasteiger partial charge in [-0.3, -0.25) is 4.79 Å². The molecule has 1 aliphatic carbocycles. The maximum absolute atomic E-state index is 13.4. The van der Waals surface area contributed by atoms with Crippen LogP contribution in [0.1, 0.15) is 82.3 Å². The lowest BCUT2D eigenvalue weighted by Crippen LogP contribution is -2.48. The number of aryl methyl sites for hydroxylation is 1. The third kappa shape index (κ3) is 7.43. The van der Waals surface area contributed by atoms with Crippen molar-refractivity contribution >= 4 is 17.5 Å². The molecule has 2 aromatic carbocycles. The number of hydrogen-bond donors (Lipinski definition) is 2. The zero-order chi connectivity index (χ0) is 27.8. The summed E-state index contributed by atoms with van der Waals surface area (Å²) in [7, 11) is 1.71. The van der Waals surface area contributed by atoms with Crippen molar-refractivity contribution in [3.63, 3.8) is 0 Å². The van der Waals surface area contributed by atoms with Gasteiger partial charge in [0, 0.05) is 55.8 Å². The molecule has 0 radical (unpaired) electrons. The van der Waals surface area contributed by atoms with Crippen LogP contribution in [0.2, 0.25) is 5.02 Å². The number of ether oxygens (including phenoxy) is 1. The van der Waals surface area contributed by atoms with Crippen LogP contribution in [0.15, 0.2) is 42.5 Å². The fourth-order valence-electron chi connectivity index (χ4n) is 6.69. The van der Waals surface area contributed by atoms with Crippen LogP contribution in [0.5, 0.6) is 0 Å². The van der Waals surface area contributed by atoms with Gasteiger partial charge in [0.25, 0.3) is 0 Å². The molecular formula is C33H47ClN2O3. The van der Waals surface area contributed by atoms with Gasteiger partial charge in [0.05, 0.1) is 5.60 Å². The van der Waals surface area contributed by atoms with Gasteiger partial charge in [0.2, 0.25) is 5.91 Å². The Morgan fingerprint density at radius 1 is 1.13 bits per heavy atom. The monoisotopic (exact) mass is 554 g/mol. The van der Waals surface area contributed by atoms with E-state index in [1.54, 1.807) is 7.11 Å². The maximum Gasteiger partial charge on any atom is 0.222 e. The van der Waals surface area contributed by atoms with Crippen molar-refractivity contribution in [1.82, 2.24) is 4.90 Å². The number of benzene rings is 2. The first-order chi connectivity index (χ1) is 18.9. The highest BCUT2D eigenvalue weighted by molar-refractivity contribution is 6.33. The first kappa shape index (κ1) is 30.0. The fraction of sp³-hybridized carbons (Fsp3) is 0.606. The van der Waals surface area contributed by atoms with Crippen molar-refractivity contribution in [3.8, 4) is 11.1 Å². The minimum Gasteiger partial charge on any atom is -0.385 e. The normalized spacial score (nSPS) is 23.4. The molecule has 0 spiro atoms. The van der Waals surface area contributed by atoms with Crippen LogP contribution in [-0.2, 0) is 21.6 Å². The lowest BCUT2D eigenvalue weighted by atomic mass is 9.72. The summed E-state index contributed by atoms with van der Waals surface area (Å²) in [6.45, 7) is 4.15. The van der Waals surface area contributed by atoms with Gasteiger partial charge in [0.1, 0.15) is 0 Å². The smallest absolute Gasteiger partial charge is 0.222 e. The number of carbonyl (C=O) groups is 1. The van der Waals surface area contributed by atoms with E-state index in [0.717, 1.165) is 81.0 Å². The number of carbonyl (C=O) groups excluding carboxylic acids is 1. The van der Waals surface area contributed by atoms with E-state index < -0.39 is 5.60 Å². The molecule has 0 unspecified atom stereocenters. The van der Waals surface area contributed by atoms with Crippen molar-refractivity contribution in [2.24, 2.45) is 17.6 Å². The van der Waals surface area contributed by atoms with Crippen LogP contribution in [0, 0.1) is 11.8 Å². The van der Waals surface area contributed by atoms with E-state index in [9.17, 15) is 9.90 Å². The Morgan fingerprint density at radius 3 is 2.64 bits per heavy atom. The maximum atomic E-state index is 13.4. The minimum absolute atomic E-state index is 0.0657. The van der Waals surface area contributed by atoms with E-state index in [1.807, 2.05) is 23.1 Å². The number of methoxy groups -OCH3 is 1. The van der Waals surface area contributed by atoms with Crippen LogP contribution < -0.4 is 5.73 Å². The van der Waals surface area contributed by atoms with Crippen molar-refractivity contribution < 1.29 is 14.6 Å². The molecule has 6 heteroatoms. The summed E-state index contributed by atoms with van der Waals surface area (Å²) in [5.41, 5.74) is 9.04. The predicted molar refractivity (Wildman–Crippen MR) is 160 cm³/mol. The van der Waals surface area contributed by atoms with E-state index in [0.29, 0.717) is 36.9 Å². The van der Waals surface area contributed by atoms with Gasteiger partial charge in [0.15, 0.2) is 0 Å². The van der Waals surface area contributed by atoms with Gasteiger partial charge in [-0.2, -0.15) is 0 Å². The molecule has 4 rings (SSSR count). The molecule has 3 N–H and O–H groups in total. The summed E-state index contributed by atoms with van der Waals surface area (Å²) in [5, 5.41) is 13.3. The van der Waals surface area contributed by atoms with Gasteiger partial charge in [-0.15, -0.1) is 0 Å². The average Bonchev–Trinajstić information content (AvgIpc) is 2.96. The van der Waals surface area contributed by atoms with Crippen LogP contribution in [0.4, 0.5) is 0 Å². The first-order valence-electron chi connectivity index (χ1n) is 15.0. The number of unbranched alkanes of at least 4 members (excludes halogenated alkanes) is 1. The second kappa shape index (κ2) is 14.1. The number of likely N-dealkylation sites (tertiary alicyclic amines) is 1. The number of amides is 1. The van der Waals surface area contributed by atoms with Gasteiger partial charge in [-0.25, -0.2) is 0 Å². The summed E-state index contributed by atoms with van der Waals surface area (Å²) >= 11 is 6.88. The molecule has 39 heavy (non-hydrogen) atoms. The molecule has 2 aliphatic rings. The number of aliphatic hydroxyl groups is 1. The lowest BCUT2D eigenvalue weighted by Gasteiger charge is -2.44. The molecule has 1 amide bonds. The standard InChI is InChI=1S/C33H47ClN2O3/c1-3-24-9-6-10-26(21-24)32-29(12-7-13-30(32)34)33(38,18-4-5-20-39-2)27-11-8-19-36(23-27)31(37)22-25-14-16-28(35)17-15-25/h6-7,9-10,12-13,21,25,27-28,38H,3-5,8,11,14-20,22-23,35H2,1-2H3/t25-,27-,28-,33+/m1/s1. The summed E-state index contributed by atoms with van der Waals surface area (Å²) in [5.74, 6) is 0.587. The Hall–Kier alpha value is -1.92. The van der Waals surface area contributed by atoms with E-state index >= 15 is 0 Å². The van der Waals surface area contributed by atoms with E-state index in [1.165, 1.54) is 5.56 Å². The van der Waals surface area contributed by atoms with Crippen LogP contribution in [0.25, 0.3) is 11.1 Å². The van der Waals surface area contributed by atoms with Crippen LogP contribution in [0.3, 0.4) is 0 Å². The zero-order valence-corrected chi connectivity index (χ0v) is 24.6. The molecule has 2 atom stereocenters. The molecule has 2 aromatic rings. The quantitative estimate of drug-likeness (QED) is 0.302.